The first-order valence-electron chi connectivity index (χ1n) is 8.92. The molecule has 0 radical (unpaired) electrons. The van der Waals surface area contributed by atoms with Crippen LogP contribution in [-0.2, 0) is 14.3 Å². The molecule has 0 saturated carbocycles. The van der Waals surface area contributed by atoms with Crippen molar-refractivity contribution in [2.75, 3.05) is 25.0 Å². The van der Waals surface area contributed by atoms with Crippen molar-refractivity contribution in [3.63, 3.8) is 0 Å². The number of nitrogens with one attached hydrogen (secondary N) is 1. The SMILES string of the molecule is CC(=O)N1CC(OCC(=O)Nc2nc3ccccc3n2-c2ccccc2F)C1. The summed E-state index contributed by atoms with van der Waals surface area (Å²) in [5.41, 5.74) is 1.61. The number of nitrogens with zero attached hydrogens (tertiary/aromatic N) is 3. The molecule has 0 atom stereocenters. The molecule has 1 aromatic heterocycles. The number of fused-ring (bicyclic) bond motifs is 1. The molecule has 8 heteroatoms. The van der Waals surface area contributed by atoms with E-state index in [0.29, 0.717) is 29.8 Å². The Hall–Kier alpha value is -3.26. The standard InChI is InChI=1S/C20H19FN4O3/c1-13(26)24-10-14(11-24)28-12-19(27)23-20-22-16-7-3-5-9-18(16)25(20)17-8-4-2-6-15(17)21/h2-9,14H,10-12H2,1H3,(H,22,23,27). The van der Waals surface area contributed by atoms with Crippen molar-refractivity contribution in [1.82, 2.24) is 14.5 Å². The smallest absolute Gasteiger partial charge is 0.252 e. The summed E-state index contributed by atoms with van der Waals surface area (Å²) in [6.07, 6.45) is -0.153. The molecular weight excluding hydrogens is 363 g/mol. The average molecular weight is 382 g/mol. The van der Waals surface area contributed by atoms with E-state index in [1.54, 1.807) is 33.7 Å². The number of rotatable bonds is 5. The lowest BCUT2D eigenvalue weighted by Gasteiger charge is -2.37. The van der Waals surface area contributed by atoms with Crippen molar-refractivity contribution in [2.45, 2.75) is 13.0 Å². The minimum Gasteiger partial charge on any atom is -0.365 e. The van der Waals surface area contributed by atoms with E-state index >= 15 is 0 Å². The number of anilines is 1. The molecule has 1 aliphatic rings. The third-order valence-corrected chi connectivity index (χ3v) is 4.65. The van der Waals surface area contributed by atoms with Gasteiger partial charge in [0.15, 0.2) is 0 Å². The molecule has 1 fully saturated rings. The molecule has 3 aromatic rings. The van der Waals surface area contributed by atoms with Gasteiger partial charge in [-0.2, -0.15) is 0 Å². The maximum absolute atomic E-state index is 14.4. The Morgan fingerprint density at radius 3 is 2.64 bits per heavy atom. The van der Waals surface area contributed by atoms with Gasteiger partial charge >= 0.3 is 0 Å². The number of hydrogen-bond donors (Lipinski definition) is 1. The van der Waals surface area contributed by atoms with Gasteiger partial charge in [-0.15, -0.1) is 0 Å². The zero-order valence-electron chi connectivity index (χ0n) is 15.3. The highest BCUT2D eigenvalue weighted by molar-refractivity contribution is 5.93. The number of likely N-dealkylation sites (tertiary alicyclic amines) is 1. The van der Waals surface area contributed by atoms with Gasteiger partial charge < -0.3 is 9.64 Å². The molecule has 2 amide bonds. The summed E-state index contributed by atoms with van der Waals surface area (Å²) in [5.74, 6) is -0.604. The molecule has 0 aliphatic carbocycles. The molecule has 0 bridgehead atoms. The lowest BCUT2D eigenvalue weighted by atomic mass is 10.2. The monoisotopic (exact) mass is 382 g/mol. The molecule has 1 N–H and O–H groups in total. The highest BCUT2D eigenvalue weighted by atomic mass is 19.1. The topological polar surface area (TPSA) is 76.5 Å². The van der Waals surface area contributed by atoms with Gasteiger partial charge in [0.2, 0.25) is 11.9 Å². The minimum absolute atomic E-state index is 0.0112. The van der Waals surface area contributed by atoms with Gasteiger partial charge in [-0.25, -0.2) is 9.37 Å². The van der Waals surface area contributed by atoms with Crippen LogP contribution in [0.2, 0.25) is 0 Å². The number of hydrogen-bond acceptors (Lipinski definition) is 4. The van der Waals surface area contributed by atoms with Crippen LogP contribution >= 0.6 is 0 Å². The highest BCUT2D eigenvalue weighted by Crippen LogP contribution is 2.26. The Morgan fingerprint density at radius 1 is 1.18 bits per heavy atom. The largest absolute Gasteiger partial charge is 0.365 e. The lowest BCUT2D eigenvalue weighted by Crippen LogP contribution is -2.54. The Bertz CT molecular complexity index is 1040. The molecule has 7 nitrogen and oxygen atoms in total. The summed E-state index contributed by atoms with van der Waals surface area (Å²) in [6, 6.07) is 13.6. The van der Waals surface area contributed by atoms with Gasteiger partial charge in [0, 0.05) is 20.0 Å². The molecule has 4 rings (SSSR count). The summed E-state index contributed by atoms with van der Waals surface area (Å²) >= 11 is 0. The number of benzene rings is 2. The number of para-hydroxylation sites is 3. The van der Waals surface area contributed by atoms with Crippen LogP contribution in [0, 0.1) is 5.82 Å². The van der Waals surface area contributed by atoms with Crippen LogP contribution in [0.25, 0.3) is 16.7 Å². The summed E-state index contributed by atoms with van der Waals surface area (Å²) in [4.78, 5) is 29.6. The van der Waals surface area contributed by atoms with Gasteiger partial charge in [0.05, 0.1) is 22.8 Å². The van der Waals surface area contributed by atoms with Crippen molar-refractivity contribution in [3.8, 4) is 5.69 Å². The van der Waals surface area contributed by atoms with Crippen LogP contribution in [0.4, 0.5) is 10.3 Å². The number of carbonyl (C=O) groups is 2. The molecule has 2 heterocycles. The van der Waals surface area contributed by atoms with Gasteiger partial charge in [0.1, 0.15) is 12.4 Å². The van der Waals surface area contributed by atoms with Gasteiger partial charge in [-0.05, 0) is 24.3 Å². The molecular formula is C20H19FN4O3. The zero-order valence-corrected chi connectivity index (χ0v) is 15.3. The van der Waals surface area contributed by atoms with Gasteiger partial charge in [-0.3, -0.25) is 19.5 Å². The maximum atomic E-state index is 14.4. The number of amides is 2. The van der Waals surface area contributed by atoms with Crippen LogP contribution < -0.4 is 5.32 Å². The normalized spacial score (nSPS) is 14.1. The van der Waals surface area contributed by atoms with E-state index in [9.17, 15) is 14.0 Å². The van der Waals surface area contributed by atoms with E-state index in [-0.39, 0.29) is 24.6 Å². The fraction of sp³-hybridized carbons (Fsp3) is 0.250. The Morgan fingerprint density at radius 2 is 1.89 bits per heavy atom. The van der Waals surface area contributed by atoms with Crippen molar-refractivity contribution >= 4 is 28.8 Å². The minimum atomic E-state index is -0.420. The summed E-state index contributed by atoms with van der Waals surface area (Å²) in [5, 5.41) is 2.70. The van der Waals surface area contributed by atoms with Crippen LogP contribution in [0.5, 0.6) is 0 Å². The van der Waals surface area contributed by atoms with Crippen LogP contribution in [0.1, 0.15) is 6.92 Å². The molecule has 1 aliphatic heterocycles. The van der Waals surface area contributed by atoms with Gasteiger partial charge in [0.25, 0.3) is 5.91 Å². The van der Waals surface area contributed by atoms with Crippen molar-refractivity contribution in [2.24, 2.45) is 0 Å². The third-order valence-electron chi connectivity index (χ3n) is 4.65. The van der Waals surface area contributed by atoms with E-state index in [1.807, 2.05) is 18.2 Å². The number of halogens is 1. The van der Waals surface area contributed by atoms with E-state index in [4.69, 9.17) is 4.74 Å². The molecule has 0 spiro atoms. The van der Waals surface area contributed by atoms with E-state index in [0.717, 1.165) is 0 Å². The van der Waals surface area contributed by atoms with Crippen LogP contribution in [0.15, 0.2) is 48.5 Å². The second-order valence-electron chi connectivity index (χ2n) is 6.62. The molecule has 0 unspecified atom stereocenters. The third kappa shape index (κ3) is 3.46. The van der Waals surface area contributed by atoms with Crippen molar-refractivity contribution < 1.29 is 18.7 Å². The fourth-order valence-corrected chi connectivity index (χ4v) is 3.14. The fourth-order valence-electron chi connectivity index (χ4n) is 3.14. The van der Waals surface area contributed by atoms with E-state index in [1.165, 1.54) is 13.0 Å². The first-order chi connectivity index (χ1) is 13.5. The second kappa shape index (κ2) is 7.40. The molecule has 144 valence electrons. The van der Waals surface area contributed by atoms with Crippen molar-refractivity contribution in [1.29, 1.82) is 0 Å². The lowest BCUT2D eigenvalue weighted by molar-refractivity contribution is -0.144. The highest BCUT2D eigenvalue weighted by Gasteiger charge is 2.29. The zero-order chi connectivity index (χ0) is 19.7. The van der Waals surface area contributed by atoms with Crippen molar-refractivity contribution in [3.05, 3.63) is 54.3 Å². The first-order valence-corrected chi connectivity index (χ1v) is 8.92. The molecule has 28 heavy (non-hydrogen) atoms. The number of carbonyl (C=O) groups excluding carboxylic acids is 2. The Balaban J connectivity index is 1.52. The summed E-state index contributed by atoms with van der Waals surface area (Å²) in [6.45, 7) is 2.29. The maximum Gasteiger partial charge on any atom is 0.252 e. The predicted octanol–water partition coefficient (Wildman–Crippen LogP) is 2.35. The molecule has 2 aromatic carbocycles. The Kier molecular flexibility index (Phi) is 4.79. The quantitative estimate of drug-likeness (QED) is 0.735. The summed E-state index contributed by atoms with van der Waals surface area (Å²) < 4.78 is 21.5. The predicted molar refractivity (Wildman–Crippen MR) is 102 cm³/mol. The number of ether oxygens (including phenoxy) is 1. The van der Waals surface area contributed by atoms with Crippen LogP contribution in [-0.4, -0.2) is 52.1 Å². The summed E-state index contributed by atoms with van der Waals surface area (Å²) in [7, 11) is 0. The number of aromatic nitrogens is 2. The first kappa shape index (κ1) is 18.1. The van der Waals surface area contributed by atoms with E-state index < -0.39 is 11.7 Å². The average Bonchev–Trinajstić information content (AvgIpc) is 2.98. The second-order valence-corrected chi connectivity index (χ2v) is 6.62. The Labute approximate surface area is 160 Å². The molecule has 1 saturated heterocycles. The van der Waals surface area contributed by atoms with Gasteiger partial charge in [-0.1, -0.05) is 24.3 Å². The van der Waals surface area contributed by atoms with E-state index in [2.05, 4.69) is 10.3 Å². The number of imidazole rings is 1. The van der Waals surface area contributed by atoms with Crippen LogP contribution in [0.3, 0.4) is 0 Å².